The van der Waals surface area contributed by atoms with Crippen molar-refractivity contribution in [2.45, 2.75) is 40.5 Å². The number of ketones is 1. The molecule has 0 rings (SSSR count). The van der Waals surface area contributed by atoms with Gasteiger partial charge in [0.2, 0.25) is 0 Å². The van der Waals surface area contributed by atoms with Gasteiger partial charge in [-0.2, -0.15) is 0 Å². The zero-order valence-corrected chi connectivity index (χ0v) is 10.6. The van der Waals surface area contributed by atoms with E-state index in [1.807, 2.05) is 6.92 Å². The maximum Gasteiger partial charge on any atom is 0.333 e. The fourth-order valence-corrected chi connectivity index (χ4v) is 1.38. The highest BCUT2D eigenvalue weighted by Crippen LogP contribution is 2.19. The van der Waals surface area contributed by atoms with Gasteiger partial charge in [0.15, 0.2) is 0 Å². The molecule has 0 heterocycles. The van der Waals surface area contributed by atoms with E-state index in [9.17, 15) is 9.59 Å². The van der Waals surface area contributed by atoms with Gasteiger partial charge in [-0.3, -0.25) is 0 Å². The fraction of sp³-hybridized carbons (Fsp3) is 0.538. The van der Waals surface area contributed by atoms with Crippen LogP contribution in [0.4, 0.5) is 0 Å². The highest BCUT2D eigenvalue weighted by atomic mass is 16.5. The first-order valence-corrected chi connectivity index (χ1v) is 5.42. The van der Waals surface area contributed by atoms with E-state index in [1.165, 1.54) is 6.92 Å². The number of carbonyl (C=O) groups is 2. The molecule has 90 valence electrons. The van der Waals surface area contributed by atoms with Crippen molar-refractivity contribution in [3.8, 4) is 0 Å². The Kier molecular flexibility index (Phi) is 6.38. The zero-order valence-electron chi connectivity index (χ0n) is 10.6. The van der Waals surface area contributed by atoms with Crippen molar-refractivity contribution >= 4 is 11.8 Å². The summed E-state index contributed by atoms with van der Waals surface area (Å²) in [6.45, 7) is 11.0. The van der Waals surface area contributed by atoms with E-state index in [0.717, 1.165) is 11.1 Å². The van der Waals surface area contributed by atoms with Crippen LogP contribution in [0.25, 0.3) is 0 Å². The molecule has 0 aliphatic carbocycles. The second-order valence-electron chi connectivity index (χ2n) is 3.81. The van der Waals surface area contributed by atoms with Crippen molar-refractivity contribution in [2.24, 2.45) is 0 Å². The predicted octanol–water partition coefficient (Wildman–Crippen LogP) is 2.81. The topological polar surface area (TPSA) is 43.4 Å². The van der Waals surface area contributed by atoms with Crippen LogP contribution in [0.2, 0.25) is 0 Å². The molecular weight excluding hydrogens is 204 g/mol. The molecule has 0 saturated carbocycles. The van der Waals surface area contributed by atoms with Gasteiger partial charge in [-0.05, 0) is 39.7 Å². The summed E-state index contributed by atoms with van der Waals surface area (Å²) < 4.78 is 4.92. The molecule has 3 heteroatoms. The maximum absolute atomic E-state index is 11.5. The largest absolute Gasteiger partial charge is 0.463 e. The Balaban J connectivity index is 4.85. The van der Waals surface area contributed by atoms with Gasteiger partial charge < -0.3 is 9.53 Å². The second kappa shape index (κ2) is 6.99. The third-order valence-electron chi connectivity index (χ3n) is 2.28. The molecule has 0 amide bonds. The number of ether oxygens (including phenoxy) is 1. The quantitative estimate of drug-likeness (QED) is 0.396. The van der Waals surface area contributed by atoms with Crippen molar-refractivity contribution < 1.29 is 14.3 Å². The molecule has 0 bridgehead atoms. The summed E-state index contributed by atoms with van der Waals surface area (Å²) in [6, 6.07) is 0. The molecule has 0 aromatic rings. The van der Waals surface area contributed by atoms with E-state index in [2.05, 4.69) is 6.58 Å². The maximum atomic E-state index is 11.5. The van der Waals surface area contributed by atoms with E-state index in [1.54, 1.807) is 13.8 Å². The van der Waals surface area contributed by atoms with E-state index in [-0.39, 0.29) is 11.8 Å². The molecule has 0 spiro atoms. The lowest BCUT2D eigenvalue weighted by Crippen LogP contribution is -2.09. The Bertz CT molecular complexity index is 324. The molecule has 0 aromatic carbocycles. The summed E-state index contributed by atoms with van der Waals surface area (Å²) in [5, 5.41) is 0. The minimum Gasteiger partial charge on any atom is -0.463 e. The summed E-state index contributed by atoms with van der Waals surface area (Å²) in [5.74, 6) is -0.223. The molecule has 3 nitrogen and oxygen atoms in total. The van der Waals surface area contributed by atoms with Crippen molar-refractivity contribution in [3.05, 3.63) is 23.3 Å². The number of rotatable bonds is 6. The number of hydrogen-bond donors (Lipinski definition) is 0. The number of esters is 1. The molecule has 0 aromatic heterocycles. The zero-order chi connectivity index (χ0) is 12.7. The molecule has 16 heavy (non-hydrogen) atoms. The highest BCUT2D eigenvalue weighted by Gasteiger charge is 2.12. The Labute approximate surface area is 97.2 Å². The summed E-state index contributed by atoms with van der Waals surface area (Å²) in [7, 11) is 0. The Morgan fingerprint density at radius 3 is 2.06 bits per heavy atom. The first-order chi connectivity index (χ1) is 7.40. The third kappa shape index (κ3) is 4.91. The molecule has 0 aliphatic rings. The average Bonchev–Trinajstić information content (AvgIpc) is 2.17. The minimum atomic E-state index is -0.330. The van der Waals surface area contributed by atoms with Gasteiger partial charge in [0.25, 0.3) is 0 Å². The first kappa shape index (κ1) is 14.6. The smallest absolute Gasteiger partial charge is 0.333 e. The monoisotopic (exact) mass is 224 g/mol. The fourth-order valence-electron chi connectivity index (χ4n) is 1.38. The average molecular weight is 224 g/mol. The number of Topliss-reactive ketones (excluding diaryl/α,β-unsaturated/α-hetero) is 1. The van der Waals surface area contributed by atoms with E-state index in [4.69, 9.17) is 4.74 Å². The van der Waals surface area contributed by atoms with Crippen LogP contribution >= 0.6 is 0 Å². The van der Waals surface area contributed by atoms with E-state index in [0.29, 0.717) is 25.0 Å². The minimum absolute atomic E-state index is 0.107. The van der Waals surface area contributed by atoms with Crippen LogP contribution < -0.4 is 0 Å². The van der Waals surface area contributed by atoms with Gasteiger partial charge >= 0.3 is 5.97 Å². The van der Waals surface area contributed by atoms with Gasteiger partial charge in [-0.1, -0.05) is 12.2 Å². The lowest BCUT2D eigenvalue weighted by molar-refractivity contribution is -0.138. The molecular formula is C13H20O3. The SMILES string of the molecule is C=C(C)/C(CCC(C)=O)=C(/C)C(=O)OCC. The van der Waals surface area contributed by atoms with E-state index >= 15 is 0 Å². The van der Waals surface area contributed by atoms with Crippen LogP contribution in [0.1, 0.15) is 40.5 Å². The summed E-state index contributed by atoms with van der Waals surface area (Å²) >= 11 is 0. The Hall–Kier alpha value is -1.38. The first-order valence-electron chi connectivity index (χ1n) is 5.42. The molecule has 0 fully saturated rings. The highest BCUT2D eigenvalue weighted by molar-refractivity contribution is 5.89. The molecule has 0 radical (unpaired) electrons. The van der Waals surface area contributed by atoms with Crippen molar-refractivity contribution in [1.29, 1.82) is 0 Å². The summed E-state index contributed by atoms with van der Waals surface area (Å²) in [6.07, 6.45) is 0.980. The third-order valence-corrected chi connectivity index (χ3v) is 2.28. The van der Waals surface area contributed by atoms with Gasteiger partial charge in [-0.25, -0.2) is 4.79 Å². The molecule has 0 unspecified atom stereocenters. The summed E-state index contributed by atoms with van der Waals surface area (Å²) in [4.78, 5) is 22.4. The van der Waals surface area contributed by atoms with Crippen LogP contribution in [-0.4, -0.2) is 18.4 Å². The van der Waals surface area contributed by atoms with Crippen LogP contribution in [-0.2, 0) is 14.3 Å². The van der Waals surface area contributed by atoms with Crippen molar-refractivity contribution in [1.82, 2.24) is 0 Å². The predicted molar refractivity (Wildman–Crippen MR) is 64.1 cm³/mol. The molecule has 0 aliphatic heterocycles. The number of allylic oxidation sites excluding steroid dienone is 2. The Morgan fingerprint density at radius 1 is 1.12 bits per heavy atom. The van der Waals surface area contributed by atoms with Crippen LogP contribution in [0.3, 0.4) is 0 Å². The molecule has 0 atom stereocenters. The van der Waals surface area contributed by atoms with Gasteiger partial charge in [-0.15, -0.1) is 0 Å². The van der Waals surface area contributed by atoms with Crippen molar-refractivity contribution in [2.75, 3.05) is 6.61 Å². The van der Waals surface area contributed by atoms with Gasteiger partial charge in [0.05, 0.1) is 6.61 Å². The molecule has 0 saturated heterocycles. The van der Waals surface area contributed by atoms with E-state index < -0.39 is 0 Å². The van der Waals surface area contributed by atoms with Gasteiger partial charge in [0, 0.05) is 12.0 Å². The van der Waals surface area contributed by atoms with Gasteiger partial charge in [0.1, 0.15) is 5.78 Å². The Morgan fingerprint density at radius 2 is 1.69 bits per heavy atom. The van der Waals surface area contributed by atoms with Crippen LogP contribution in [0.15, 0.2) is 23.3 Å². The standard InChI is InChI=1S/C13H20O3/c1-6-16-13(15)11(5)12(9(2)3)8-7-10(4)14/h2,6-8H2,1,3-5H3/b12-11-. The van der Waals surface area contributed by atoms with Crippen molar-refractivity contribution in [3.63, 3.8) is 0 Å². The second-order valence-corrected chi connectivity index (χ2v) is 3.81. The number of hydrogen-bond acceptors (Lipinski definition) is 3. The van der Waals surface area contributed by atoms with Crippen LogP contribution in [0, 0.1) is 0 Å². The van der Waals surface area contributed by atoms with Crippen LogP contribution in [0.5, 0.6) is 0 Å². The normalized spacial score (nSPS) is 11.8. The lowest BCUT2D eigenvalue weighted by Gasteiger charge is -2.10. The summed E-state index contributed by atoms with van der Waals surface area (Å²) in [5.41, 5.74) is 2.19. The lowest BCUT2D eigenvalue weighted by atomic mass is 9.97. The molecule has 0 N–H and O–H groups in total. The number of carbonyl (C=O) groups excluding carboxylic acids is 2.